The smallest absolute Gasteiger partial charge is 0.171 e. The van der Waals surface area contributed by atoms with Crippen molar-refractivity contribution >= 4 is 0 Å². The molecule has 0 radical (unpaired) electrons. The van der Waals surface area contributed by atoms with Crippen LogP contribution in [0.25, 0.3) is 0 Å². The van der Waals surface area contributed by atoms with Gasteiger partial charge in [0.25, 0.3) is 0 Å². The number of rotatable bonds is 1. The minimum Gasteiger partial charge on any atom is -0.485 e. The van der Waals surface area contributed by atoms with Crippen molar-refractivity contribution in [3.05, 3.63) is 41.5 Å². The molecule has 2 aliphatic rings. The number of ether oxygens (including phenoxy) is 1. The summed E-state index contributed by atoms with van der Waals surface area (Å²) in [6.07, 6.45) is 3.71. The van der Waals surface area contributed by atoms with Gasteiger partial charge in [-0.15, -0.1) is 10.2 Å². The lowest BCUT2D eigenvalue weighted by molar-refractivity contribution is 0.175. The molecule has 4 rings (SSSR count). The molecule has 5 nitrogen and oxygen atoms in total. The molecule has 5 heteroatoms. The number of aromatic nitrogens is 3. The fraction of sp³-hybridized carbons (Fsp3) is 0.500. The van der Waals surface area contributed by atoms with Gasteiger partial charge in [-0.2, -0.15) is 0 Å². The molecule has 1 unspecified atom stereocenters. The zero-order valence-electron chi connectivity index (χ0n) is 12.3. The Morgan fingerprint density at radius 3 is 3.00 bits per heavy atom. The number of fused-ring (bicyclic) bond motifs is 2. The Morgan fingerprint density at radius 2 is 2.10 bits per heavy atom. The molecule has 0 aliphatic carbocycles. The van der Waals surface area contributed by atoms with Crippen LogP contribution in [-0.4, -0.2) is 33.3 Å². The first-order chi connectivity index (χ1) is 10.3. The third-order valence-corrected chi connectivity index (χ3v) is 4.58. The Bertz CT molecular complexity index is 651. The van der Waals surface area contributed by atoms with Crippen LogP contribution < -0.4 is 4.74 Å². The number of likely N-dealkylation sites (tertiary alicyclic amines) is 1. The predicted molar refractivity (Wildman–Crippen MR) is 79.1 cm³/mol. The molecular weight excluding hydrogens is 264 g/mol. The van der Waals surface area contributed by atoms with E-state index in [1.165, 1.54) is 18.4 Å². The maximum absolute atomic E-state index is 5.87. The highest BCUT2D eigenvalue weighted by Gasteiger charge is 2.28. The molecule has 1 saturated heterocycles. The minimum absolute atomic E-state index is 0.380. The Balaban J connectivity index is 1.72. The summed E-state index contributed by atoms with van der Waals surface area (Å²) < 4.78 is 8.11. The van der Waals surface area contributed by atoms with Gasteiger partial charge in [-0.25, -0.2) is 0 Å². The van der Waals surface area contributed by atoms with E-state index in [9.17, 15) is 0 Å². The Hall–Kier alpha value is -1.88. The number of hydrogen-bond donors (Lipinski definition) is 0. The average Bonchev–Trinajstić information content (AvgIpc) is 2.80. The van der Waals surface area contributed by atoms with Crippen LogP contribution in [0.4, 0.5) is 0 Å². The molecule has 0 spiro atoms. The third kappa shape index (κ3) is 2.21. The molecule has 0 saturated carbocycles. The maximum atomic E-state index is 5.87. The predicted octanol–water partition coefficient (Wildman–Crippen LogP) is 2.38. The second kappa shape index (κ2) is 5.15. The largest absolute Gasteiger partial charge is 0.485 e. The average molecular weight is 284 g/mol. The summed E-state index contributed by atoms with van der Waals surface area (Å²) in [5.74, 6) is 2.98. The Kier molecular flexibility index (Phi) is 3.15. The number of benzene rings is 1. The molecule has 0 bridgehead atoms. The summed E-state index contributed by atoms with van der Waals surface area (Å²) in [5.41, 5.74) is 1.20. The highest BCUT2D eigenvalue weighted by atomic mass is 16.5. The molecule has 21 heavy (non-hydrogen) atoms. The maximum Gasteiger partial charge on any atom is 0.171 e. The van der Waals surface area contributed by atoms with Crippen molar-refractivity contribution in [3.63, 3.8) is 0 Å². The van der Waals surface area contributed by atoms with Crippen LogP contribution in [-0.2, 0) is 13.2 Å². The van der Waals surface area contributed by atoms with Crippen molar-refractivity contribution < 1.29 is 4.74 Å². The molecule has 1 aromatic carbocycles. The van der Waals surface area contributed by atoms with Gasteiger partial charge < -0.3 is 9.30 Å². The Morgan fingerprint density at radius 1 is 1.19 bits per heavy atom. The van der Waals surface area contributed by atoms with E-state index in [1.807, 2.05) is 12.1 Å². The van der Waals surface area contributed by atoms with E-state index in [2.05, 4.69) is 38.8 Å². The highest BCUT2D eigenvalue weighted by molar-refractivity contribution is 5.35. The molecule has 0 amide bonds. The molecule has 1 atom stereocenters. The van der Waals surface area contributed by atoms with E-state index in [4.69, 9.17) is 4.74 Å². The van der Waals surface area contributed by atoms with Crippen molar-refractivity contribution in [3.8, 4) is 5.75 Å². The third-order valence-electron chi connectivity index (χ3n) is 4.58. The summed E-state index contributed by atoms with van der Waals surface area (Å²) in [4.78, 5) is 2.40. The van der Waals surface area contributed by atoms with Gasteiger partial charge in [0.05, 0.1) is 12.6 Å². The van der Waals surface area contributed by atoms with Gasteiger partial charge in [0.15, 0.2) is 11.6 Å². The van der Waals surface area contributed by atoms with E-state index < -0.39 is 0 Å². The first-order valence-electron chi connectivity index (χ1n) is 7.66. The summed E-state index contributed by atoms with van der Waals surface area (Å²) in [6.45, 7) is 2.44. The number of hydrogen-bond acceptors (Lipinski definition) is 4. The molecular formula is C16H20N4O. The van der Waals surface area contributed by atoms with E-state index in [1.54, 1.807) is 0 Å². The molecule has 2 aromatic rings. The topological polar surface area (TPSA) is 43.2 Å². The van der Waals surface area contributed by atoms with Crippen molar-refractivity contribution in [2.24, 2.45) is 0 Å². The van der Waals surface area contributed by atoms with Gasteiger partial charge in [0, 0.05) is 5.56 Å². The number of nitrogens with zero attached hydrogens (tertiary/aromatic N) is 4. The van der Waals surface area contributed by atoms with Crippen LogP contribution in [0.2, 0.25) is 0 Å². The summed E-state index contributed by atoms with van der Waals surface area (Å²) in [5, 5.41) is 8.85. The lowest BCUT2D eigenvalue weighted by Gasteiger charge is -2.31. The summed E-state index contributed by atoms with van der Waals surface area (Å²) in [7, 11) is 2.19. The van der Waals surface area contributed by atoms with Gasteiger partial charge in [-0.3, -0.25) is 4.90 Å². The summed E-state index contributed by atoms with van der Waals surface area (Å²) in [6, 6.07) is 8.61. The lowest BCUT2D eigenvalue weighted by Crippen LogP contribution is -2.31. The van der Waals surface area contributed by atoms with Crippen molar-refractivity contribution in [2.75, 3.05) is 13.6 Å². The fourth-order valence-corrected chi connectivity index (χ4v) is 3.36. The molecule has 110 valence electrons. The van der Waals surface area contributed by atoms with Gasteiger partial charge in [0.2, 0.25) is 0 Å². The van der Waals surface area contributed by atoms with E-state index >= 15 is 0 Å². The zero-order chi connectivity index (χ0) is 14.2. The normalized spacial score (nSPS) is 22.0. The second-order valence-electron chi connectivity index (χ2n) is 5.95. The number of para-hydroxylation sites is 1. The second-order valence-corrected chi connectivity index (χ2v) is 5.95. The first-order valence-corrected chi connectivity index (χ1v) is 7.66. The molecule has 1 fully saturated rings. The molecule has 1 aromatic heterocycles. The fourth-order valence-electron chi connectivity index (χ4n) is 3.36. The van der Waals surface area contributed by atoms with Gasteiger partial charge in [0.1, 0.15) is 12.4 Å². The van der Waals surface area contributed by atoms with E-state index in [0.29, 0.717) is 12.6 Å². The molecule has 2 aliphatic heterocycles. The van der Waals surface area contributed by atoms with Gasteiger partial charge in [-0.1, -0.05) is 24.6 Å². The van der Waals surface area contributed by atoms with Crippen LogP contribution in [0.15, 0.2) is 24.3 Å². The van der Waals surface area contributed by atoms with Crippen LogP contribution in [0.3, 0.4) is 0 Å². The highest BCUT2D eigenvalue weighted by Crippen LogP contribution is 2.31. The van der Waals surface area contributed by atoms with Crippen LogP contribution >= 0.6 is 0 Å². The number of piperidine rings is 1. The SMILES string of the molecule is CN1CCCCC1c1nnc2n1Cc1ccccc1OC2. The van der Waals surface area contributed by atoms with Crippen molar-refractivity contribution in [1.82, 2.24) is 19.7 Å². The van der Waals surface area contributed by atoms with Crippen molar-refractivity contribution in [1.29, 1.82) is 0 Å². The van der Waals surface area contributed by atoms with Gasteiger partial charge in [-0.05, 0) is 32.5 Å². The lowest BCUT2D eigenvalue weighted by atomic mass is 10.0. The van der Waals surface area contributed by atoms with Crippen molar-refractivity contribution in [2.45, 2.75) is 38.5 Å². The van der Waals surface area contributed by atoms with Crippen LogP contribution in [0, 0.1) is 0 Å². The summed E-state index contributed by atoms with van der Waals surface area (Å²) >= 11 is 0. The molecule has 0 N–H and O–H groups in total. The standard InChI is InChI=1S/C16H20N4O/c1-19-9-5-4-7-13(19)16-18-17-15-11-21-14-8-3-2-6-12(14)10-20(15)16/h2-3,6,8,13H,4-5,7,9-11H2,1H3. The van der Waals surface area contributed by atoms with Crippen LogP contribution in [0.5, 0.6) is 5.75 Å². The van der Waals surface area contributed by atoms with Crippen LogP contribution in [0.1, 0.15) is 42.5 Å². The minimum atomic E-state index is 0.380. The van der Waals surface area contributed by atoms with Gasteiger partial charge >= 0.3 is 0 Å². The molecule has 3 heterocycles. The van der Waals surface area contributed by atoms with E-state index in [-0.39, 0.29) is 0 Å². The monoisotopic (exact) mass is 284 g/mol. The van der Waals surface area contributed by atoms with E-state index in [0.717, 1.165) is 36.9 Å². The Labute approximate surface area is 124 Å². The quantitative estimate of drug-likeness (QED) is 0.806. The first kappa shape index (κ1) is 12.8. The zero-order valence-corrected chi connectivity index (χ0v) is 12.3.